The number of aliphatic imine (C=N–C) groups is 1. The van der Waals surface area contributed by atoms with Crippen molar-refractivity contribution in [3.8, 4) is 0 Å². The molecule has 1 aromatic carbocycles. The lowest BCUT2D eigenvalue weighted by molar-refractivity contribution is -0.142. The van der Waals surface area contributed by atoms with Gasteiger partial charge < -0.3 is 15.2 Å². The van der Waals surface area contributed by atoms with Crippen molar-refractivity contribution in [2.45, 2.75) is 31.4 Å². The third-order valence-corrected chi connectivity index (χ3v) is 6.72. The van der Waals surface area contributed by atoms with Gasteiger partial charge in [0.15, 0.2) is 10.8 Å². The van der Waals surface area contributed by atoms with Gasteiger partial charge in [0.2, 0.25) is 0 Å². The van der Waals surface area contributed by atoms with Crippen LogP contribution >= 0.6 is 22.9 Å². The van der Waals surface area contributed by atoms with Gasteiger partial charge in [0.25, 0.3) is 5.92 Å². The zero-order valence-corrected chi connectivity index (χ0v) is 19.9. The average molecular weight is 529 g/mol. The van der Waals surface area contributed by atoms with E-state index in [4.69, 9.17) is 16.3 Å². The number of halogens is 4. The monoisotopic (exact) mass is 528 g/mol. The number of rotatable bonds is 7. The van der Waals surface area contributed by atoms with E-state index in [1.54, 1.807) is 12.3 Å². The number of hydrogen-bond acceptors (Lipinski definition) is 8. The van der Waals surface area contributed by atoms with Crippen LogP contribution in [0.4, 0.5) is 13.2 Å². The van der Waals surface area contributed by atoms with Crippen LogP contribution in [0.2, 0.25) is 5.02 Å². The van der Waals surface area contributed by atoms with Gasteiger partial charge in [0.05, 0.1) is 23.7 Å². The quantitative estimate of drug-likeness (QED) is 0.529. The zero-order valence-electron chi connectivity index (χ0n) is 18.3. The minimum Gasteiger partial charge on any atom is -0.480 e. The minimum atomic E-state index is -3.22. The molecule has 2 aromatic rings. The van der Waals surface area contributed by atoms with Crippen molar-refractivity contribution in [2.75, 3.05) is 19.7 Å². The van der Waals surface area contributed by atoms with Crippen molar-refractivity contribution >= 4 is 40.7 Å². The summed E-state index contributed by atoms with van der Waals surface area (Å²) < 4.78 is 47.8. The second-order valence-electron chi connectivity index (χ2n) is 7.92. The molecule has 2 aliphatic heterocycles. The molecule has 2 N–H and O–H groups in total. The molecule has 0 saturated carbocycles. The van der Waals surface area contributed by atoms with Crippen LogP contribution in [0.25, 0.3) is 0 Å². The van der Waals surface area contributed by atoms with E-state index in [1.165, 1.54) is 29.7 Å². The van der Waals surface area contributed by atoms with Crippen LogP contribution in [0.15, 0.2) is 46.0 Å². The molecule has 13 heteroatoms. The van der Waals surface area contributed by atoms with E-state index in [2.05, 4.69) is 15.3 Å². The molecule has 186 valence electrons. The third-order valence-electron chi connectivity index (χ3n) is 5.55. The highest BCUT2D eigenvalue weighted by Crippen LogP contribution is 2.39. The number of esters is 1. The number of benzene rings is 1. The summed E-state index contributed by atoms with van der Waals surface area (Å²) in [5.74, 6) is -5.98. The van der Waals surface area contributed by atoms with Crippen LogP contribution < -0.4 is 5.32 Å². The Labute approximate surface area is 207 Å². The highest BCUT2D eigenvalue weighted by molar-refractivity contribution is 7.11. The maximum Gasteiger partial charge on any atom is 0.338 e. The third kappa shape index (κ3) is 5.19. The summed E-state index contributed by atoms with van der Waals surface area (Å²) in [5.41, 5.74) is 0.168. The number of aromatic nitrogens is 1. The van der Waals surface area contributed by atoms with Crippen LogP contribution in [0.5, 0.6) is 0 Å². The van der Waals surface area contributed by atoms with Gasteiger partial charge in [-0.2, -0.15) is 0 Å². The molecule has 8 nitrogen and oxygen atoms in total. The summed E-state index contributed by atoms with van der Waals surface area (Å²) in [4.78, 5) is 34.6. The highest BCUT2D eigenvalue weighted by Gasteiger charge is 2.49. The molecule has 35 heavy (non-hydrogen) atoms. The van der Waals surface area contributed by atoms with Gasteiger partial charge in [-0.25, -0.2) is 22.9 Å². The number of hydrogen-bond donors (Lipinski definition) is 2. The van der Waals surface area contributed by atoms with Gasteiger partial charge in [-0.3, -0.25) is 14.7 Å². The summed E-state index contributed by atoms with van der Waals surface area (Å²) >= 11 is 7.45. The van der Waals surface area contributed by atoms with E-state index in [9.17, 15) is 27.9 Å². The first-order valence-electron chi connectivity index (χ1n) is 10.5. The van der Waals surface area contributed by atoms with Crippen LogP contribution in [-0.4, -0.2) is 64.4 Å². The normalized spacial score (nSPS) is 22.0. The molecule has 0 spiro atoms. The van der Waals surface area contributed by atoms with Gasteiger partial charge in [0, 0.05) is 35.8 Å². The highest BCUT2D eigenvalue weighted by atomic mass is 35.5. The first kappa shape index (κ1) is 25.1. The SMILES string of the molecule is CCOC(=O)C1=C(CN2CC(F)(F)C[C@H]2C(=O)O)NC(c2nccs2)=N[C@H]1c1cccc(F)c1Cl. The molecule has 0 radical (unpaired) electrons. The van der Waals surface area contributed by atoms with Crippen molar-refractivity contribution in [3.63, 3.8) is 0 Å². The topological polar surface area (TPSA) is 104 Å². The fraction of sp³-hybridized carbons (Fsp3) is 0.364. The minimum absolute atomic E-state index is 0.00179. The fourth-order valence-corrected chi connectivity index (χ4v) is 4.89. The zero-order chi connectivity index (χ0) is 25.3. The number of thiazole rings is 1. The summed E-state index contributed by atoms with van der Waals surface area (Å²) in [6, 6.07) is 1.42. The first-order chi connectivity index (χ1) is 16.6. The Balaban J connectivity index is 1.85. The smallest absolute Gasteiger partial charge is 0.338 e. The molecule has 2 aliphatic rings. The van der Waals surface area contributed by atoms with E-state index >= 15 is 0 Å². The number of carboxylic acids is 1. The first-order valence-corrected chi connectivity index (χ1v) is 11.8. The Morgan fingerprint density at radius 1 is 1.40 bits per heavy atom. The number of nitrogens with one attached hydrogen (secondary N) is 1. The Morgan fingerprint density at radius 3 is 2.83 bits per heavy atom. The molecule has 1 aromatic heterocycles. The second-order valence-corrected chi connectivity index (χ2v) is 9.19. The van der Waals surface area contributed by atoms with E-state index in [0.29, 0.717) is 5.01 Å². The average Bonchev–Trinajstić information content (AvgIpc) is 3.43. The predicted octanol–water partition coefficient (Wildman–Crippen LogP) is 3.64. The number of aliphatic carboxylic acids is 1. The maximum absolute atomic E-state index is 14.3. The molecule has 2 atom stereocenters. The molecular weight excluding hydrogens is 509 g/mol. The number of carbonyl (C=O) groups excluding carboxylic acids is 1. The Hall–Kier alpha value is -2.96. The van der Waals surface area contributed by atoms with Gasteiger partial charge in [0.1, 0.15) is 17.9 Å². The standard InChI is InChI=1S/C22H20ClF3N4O4S/c1-2-34-21(33)15-13(9-30-10-22(25,26)8-14(30)20(31)32)28-18(19-27-6-7-35-19)29-17(15)11-4-3-5-12(24)16(11)23/h3-7,14,17H,2,8-10H2,1H3,(H,28,29)(H,31,32)/t14-,17-/m0/s1. The lowest BCUT2D eigenvalue weighted by atomic mass is 9.95. The van der Waals surface area contributed by atoms with Gasteiger partial charge in [-0.15, -0.1) is 11.3 Å². The number of carbonyl (C=O) groups is 2. The molecule has 0 bridgehead atoms. The summed E-state index contributed by atoms with van der Waals surface area (Å²) in [7, 11) is 0. The van der Waals surface area contributed by atoms with Gasteiger partial charge in [-0.1, -0.05) is 23.7 Å². The summed E-state index contributed by atoms with van der Waals surface area (Å²) in [5, 5.41) is 14.3. The summed E-state index contributed by atoms with van der Waals surface area (Å²) in [6.45, 7) is 0.418. The maximum atomic E-state index is 14.3. The Morgan fingerprint density at radius 2 is 2.17 bits per heavy atom. The van der Waals surface area contributed by atoms with Crippen LogP contribution in [0.1, 0.15) is 30.0 Å². The fourth-order valence-electron chi connectivity index (χ4n) is 4.07. The number of amidine groups is 1. The number of likely N-dealkylation sites (tertiary alicyclic amines) is 1. The van der Waals surface area contributed by atoms with Crippen molar-refractivity contribution < 1.29 is 32.6 Å². The van der Waals surface area contributed by atoms with E-state index in [0.717, 1.165) is 11.0 Å². The molecule has 4 rings (SSSR count). The number of alkyl halides is 2. The van der Waals surface area contributed by atoms with Crippen LogP contribution in [0.3, 0.4) is 0 Å². The molecule has 1 fully saturated rings. The van der Waals surface area contributed by atoms with Crippen molar-refractivity contribution in [2.24, 2.45) is 4.99 Å². The molecular formula is C22H20ClF3N4O4S. The van der Waals surface area contributed by atoms with Crippen LogP contribution in [-0.2, 0) is 14.3 Å². The van der Waals surface area contributed by atoms with E-state index in [1.807, 2.05) is 0 Å². The van der Waals surface area contributed by atoms with Crippen LogP contribution in [0, 0.1) is 5.82 Å². The molecule has 1 saturated heterocycles. The van der Waals surface area contributed by atoms with Gasteiger partial charge in [-0.05, 0) is 13.0 Å². The Kier molecular flexibility index (Phi) is 7.15. The second kappa shape index (κ2) is 9.96. The van der Waals surface area contributed by atoms with Crippen molar-refractivity contribution in [3.05, 3.63) is 62.5 Å². The number of nitrogens with zero attached hydrogens (tertiary/aromatic N) is 3. The lowest BCUT2D eigenvalue weighted by Gasteiger charge is -2.30. The Bertz CT molecular complexity index is 1210. The van der Waals surface area contributed by atoms with E-state index < -0.39 is 48.7 Å². The lowest BCUT2D eigenvalue weighted by Crippen LogP contribution is -2.43. The molecule has 3 heterocycles. The largest absolute Gasteiger partial charge is 0.480 e. The van der Waals surface area contributed by atoms with Gasteiger partial charge >= 0.3 is 11.9 Å². The number of carboxylic acid groups (broad SMARTS) is 1. The predicted molar refractivity (Wildman–Crippen MR) is 122 cm³/mol. The number of ether oxygens (including phenoxy) is 1. The van der Waals surface area contributed by atoms with E-state index in [-0.39, 0.29) is 40.8 Å². The molecule has 0 aliphatic carbocycles. The summed E-state index contributed by atoms with van der Waals surface area (Å²) in [6.07, 6.45) is 0.664. The van der Waals surface area contributed by atoms with Crippen molar-refractivity contribution in [1.82, 2.24) is 15.2 Å². The molecule has 0 unspecified atom stereocenters. The van der Waals surface area contributed by atoms with Crippen molar-refractivity contribution in [1.29, 1.82) is 0 Å². The molecule has 0 amide bonds.